The third-order valence-electron chi connectivity index (χ3n) is 5.72. The predicted octanol–water partition coefficient (Wildman–Crippen LogP) is 5.76. The van der Waals surface area contributed by atoms with Gasteiger partial charge in [-0.05, 0) is 42.8 Å². The molecule has 1 aliphatic rings. The predicted molar refractivity (Wildman–Crippen MR) is 116 cm³/mol. The Kier molecular flexibility index (Phi) is 4.56. The van der Waals surface area contributed by atoms with Crippen LogP contribution in [-0.4, -0.2) is 19.5 Å². The molecule has 2 aromatic heterocycles. The highest BCUT2D eigenvalue weighted by Crippen LogP contribution is 2.33. The maximum atomic E-state index is 5.68. The number of rotatable bonds is 4. The number of H-pyrrole nitrogens is 1. The van der Waals surface area contributed by atoms with Crippen LogP contribution in [0.15, 0.2) is 48.8 Å². The average Bonchev–Trinajstić information content (AvgIpc) is 3.06. The highest BCUT2D eigenvalue weighted by atomic mass is 32.1. The van der Waals surface area contributed by atoms with Crippen LogP contribution >= 0.6 is 12.2 Å². The van der Waals surface area contributed by atoms with Crippen LogP contribution in [0.3, 0.4) is 0 Å². The van der Waals surface area contributed by atoms with Crippen molar-refractivity contribution < 1.29 is 0 Å². The normalized spacial score (nSPS) is 15.3. The molecule has 4 aromatic rings. The Morgan fingerprint density at radius 3 is 2.71 bits per heavy atom. The Morgan fingerprint density at radius 2 is 1.89 bits per heavy atom. The summed E-state index contributed by atoms with van der Waals surface area (Å²) in [5.74, 6) is 0.848. The van der Waals surface area contributed by atoms with Gasteiger partial charge in [0.2, 0.25) is 0 Å². The van der Waals surface area contributed by atoms with Crippen molar-refractivity contribution in [3.05, 3.63) is 59.1 Å². The zero-order chi connectivity index (χ0) is 18.9. The van der Waals surface area contributed by atoms with E-state index in [1.807, 2.05) is 18.2 Å². The van der Waals surface area contributed by atoms with Gasteiger partial charge < -0.3 is 14.9 Å². The van der Waals surface area contributed by atoms with E-state index in [9.17, 15) is 0 Å². The molecule has 0 saturated heterocycles. The summed E-state index contributed by atoms with van der Waals surface area (Å²) in [5.41, 5.74) is 4.37. The molecule has 0 unspecified atom stereocenters. The Bertz CT molecular complexity index is 1170. The van der Waals surface area contributed by atoms with Crippen molar-refractivity contribution in [2.45, 2.75) is 44.7 Å². The summed E-state index contributed by atoms with van der Waals surface area (Å²) >= 11 is 5.68. The molecule has 2 aromatic carbocycles. The van der Waals surface area contributed by atoms with E-state index in [1.54, 1.807) is 6.33 Å². The van der Waals surface area contributed by atoms with E-state index in [4.69, 9.17) is 12.2 Å². The lowest BCUT2D eigenvalue weighted by atomic mass is 9.95. The van der Waals surface area contributed by atoms with Gasteiger partial charge in [0.25, 0.3) is 0 Å². The molecule has 0 atom stereocenters. The second-order valence-electron chi connectivity index (χ2n) is 7.54. The van der Waals surface area contributed by atoms with Crippen molar-refractivity contribution in [1.82, 2.24) is 19.5 Å². The summed E-state index contributed by atoms with van der Waals surface area (Å²) in [6, 6.07) is 15.1. The number of imidazole rings is 1. The maximum Gasteiger partial charge on any atom is 0.178 e. The molecular formula is C22H23N5S. The van der Waals surface area contributed by atoms with E-state index in [0.717, 1.165) is 39.1 Å². The van der Waals surface area contributed by atoms with Crippen molar-refractivity contribution >= 4 is 40.0 Å². The van der Waals surface area contributed by atoms with E-state index >= 15 is 0 Å². The van der Waals surface area contributed by atoms with Crippen molar-refractivity contribution in [3.8, 4) is 0 Å². The Hall–Kier alpha value is -2.73. The Balaban J connectivity index is 1.55. The van der Waals surface area contributed by atoms with Crippen molar-refractivity contribution in [3.63, 3.8) is 0 Å². The van der Waals surface area contributed by atoms with Gasteiger partial charge in [-0.15, -0.1) is 0 Å². The largest absolute Gasteiger partial charge is 0.365 e. The van der Waals surface area contributed by atoms with Gasteiger partial charge in [-0.25, -0.2) is 9.97 Å². The van der Waals surface area contributed by atoms with Gasteiger partial charge in [0.15, 0.2) is 4.77 Å². The monoisotopic (exact) mass is 389 g/mol. The fourth-order valence-corrected chi connectivity index (χ4v) is 4.66. The van der Waals surface area contributed by atoms with Crippen LogP contribution in [0.5, 0.6) is 0 Å². The Morgan fingerprint density at radius 1 is 1.07 bits per heavy atom. The third-order valence-corrected chi connectivity index (χ3v) is 6.01. The van der Waals surface area contributed by atoms with E-state index < -0.39 is 0 Å². The molecule has 2 heterocycles. The first kappa shape index (κ1) is 17.4. The van der Waals surface area contributed by atoms with Gasteiger partial charge in [0.05, 0.1) is 16.6 Å². The summed E-state index contributed by atoms with van der Waals surface area (Å²) in [5, 5.41) is 4.47. The zero-order valence-electron chi connectivity index (χ0n) is 15.7. The van der Waals surface area contributed by atoms with E-state index in [-0.39, 0.29) is 0 Å². The first-order valence-electron chi connectivity index (χ1n) is 9.96. The second kappa shape index (κ2) is 7.36. The van der Waals surface area contributed by atoms with Crippen molar-refractivity contribution in [1.29, 1.82) is 0 Å². The third kappa shape index (κ3) is 3.18. The lowest BCUT2D eigenvalue weighted by molar-refractivity contribution is 0.357. The van der Waals surface area contributed by atoms with Crippen LogP contribution < -0.4 is 5.32 Å². The summed E-state index contributed by atoms with van der Waals surface area (Å²) in [6.07, 6.45) is 7.93. The van der Waals surface area contributed by atoms with Crippen molar-refractivity contribution in [2.24, 2.45) is 0 Å². The van der Waals surface area contributed by atoms with Gasteiger partial charge in [0.1, 0.15) is 12.1 Å². The van der Waals surface area contributed by atoms with Gasteiger partial charge in [-0.2, -0.15) is 0 Å². The lowest BCUT2D eigenvalue weighted by Crippen LogP contribution is -2.12. The van der Waals surface area contributed by atoms with Crippen LogP contribution in [-0.2, 0) is 6.54 Å². The summed E-state index contributed by atoms with van der Waals surface area (Å²) in [7, 11) is 0. The molecular weight excluding hydrogens is 366 g/mol. The molecule has 0 amide bonds. The van der Waals surface area contributed by atoms with Gasteiger partial charge in [-0.1, -0.05) is 49.6 Å². The number of nitrogens with zero attached hydrogens (tertiary/aromatic N) is 3. The molecule has 0 bridgehead atoms. The standard InChI is InChI=1S/C22H23N5S/c28-22-26-19-11-17-18(12-20(19)27(22)16-9-5-2-6-10-16)24-14-25-21(17)23-13-15-7-3-1-4-8-15/h1,3-4,7-8,11-12,14,16H,2,5-6,9-10,13H2,(H,26,28)(H,23,24,25). The summed E-state index contributed by atoms with van der Waals surface area (Å²) in [4.78, 5) is 12.4. The summed E-state index contributed by atoms with van der Waals surface area (Å²) in [6.45, 7) is 0.726. The number of fused-ring (bicyclic) bond motifs is 2. The molecule has 5 nitrogen and oxygen atoms in total. The number of aromatic amines is 1. The Labute approximate surface area is 168 Å². The molecule has 1 fully saturated rings. The number of nitrogens with one attached hydrogen (secondary N) is 2. The number of benzene rings is 2. The van der Waals surface area contributed by atoms with Crippen LogP contribution in [0.25, 0.3) is 21.9 Å². The SMILES string of the molecule is S=c1[nH]c2cc3c(NCc4ccccc4)ncnc3cc2n1C1CCCCC1. The second-order valence-corrected chi connectivity index (χ2v) is 7.93. The topological polar surface area (TPSA) is 58.5 Å². The average molecular weight is 390 g/mol. The first-order valence-corrected chi connectivity index (χ1v) is 10.4. The zero-order valence-corrected chi connectivity index (χ0v) is 16.5. The molecule has 5 rings (SSSR count). The molecule has 142 valence electrons. The van der Waals surface area contributed by atoms with E-state index in [2.05, 4.69) is 49.1 Å². The highest BCUT2D eigenvalue weighted by molar-refractivity contribution is 7.71. The molecule has 28 heavy (non-hydrogen) atoms. The van der Waals surface area contributed by atoms with Crippen LogP contribution in [0.1, 0.15) is 43.7 Å². The molecule has 0 spiro atoms. The minimum Gasteiger partial charge on any atom is -0.365 e. The van der Waals surface area contributed by atoms with Crippen LogP contribution in [0.2, 0.25) is 0 Å². The number of hydrogen-bond donors (Lipinski definition) is 2. The smallest absolute Gasteiger partial charge is 0.178 e. The fraction of sp³-hybridized carbons (Fsp3) is 0.318. The van der Waals surface area contributed by atoms with E-state index in [1.165, 1.54) is 37.7 Å². The molecule has 0 radical (unpaired) electrons. The molecule has 1 saturated carbocycles. The molecule has 6 heteroatoms. The molecule has 0 aliphatic heterocycles. The van der Waals surface area contributed by atoms with Gasteiger partial charge in [0, 0.05) is 18.0 Å². The maximum absolute atomic E-state index is 5.68. The van der Waals surface area contributed by atoms with Crippen LogP contribution in [0, 0.1) is 4.77 Å². The minimum absolute atomic E-state index is 0.491. The lowest BCUT2D eigenvalue weighted by Gasteiger charge is -2.23. The van der Waals surface area contributed by atoms with Crippen LogP contribution in [0.4, 0.5) is 5.82 Å². The highest BCUT2D eigenvalue weighted by Gasteiger charge is 2.19. The summed E-state index contributed by atoms with van der Waals surface area (Å²) < 4.78 is 3.12. The van der Waals surface area contributed by atoms with Gasteiger partial charge in [-0.3, -0.25) is 0 Å². The quantitative estimate of drug-likeness (QED) is 0.436. The number of anilines is 1. The van der Waals surface area contributed by atoms with E-state index in [0.29, 0.717) is 6.04 Å². The number of hydrogen-bond acceptors (Lipinski definition) is 4. The van der Waals surface area contributed by atoms with Gasteiger partial charge >= 0.3 is 0 Å². The molecule has 1 aliphatic carbocycles. The number of aromatic nitrogens is 4. The fourth-order valence-electron chi connectivity index (χ4n) is 4.30. The molecule has 2 N–H and O–H groups in total. The van der Waals surface area contributed by atoms with Crippen molar-refractivity contribution in [2.75, 3.05) is 5.32 Å². The minimum atomic E-state index is 0.491. The first-order chi connectivity index (χ1) is 13.8.